The number of rotatable bonds is 3. The van der Waals surface area contributed by atoms with E-state index in [2.05, 4.69) is 34.6 Å². The van der Waals surface area contributed by atoms with E-state index in [0.29, 0.717) is 0 Å². The molecule has 0 atom stereocenters. The average molecular weight is 341 g/mol. The Morgan fingerprint density at radius 1 is 0.875 bits per heavy atom. The lowest BCUT2D eigenvalue weighted by atomic mass is 9.60. The first-order valence-electron chi connectivity index (χ1n) is 10.4. The Morgan fingerprint density at radius 2 is 1.38 bits per heavy atom. The largest absolute Gasteiger partial charge is 0.0776 e. The Morgan fingerprint density at radius 3 is 1.62 bits per heavy atom. The summed E-state index contributed by atoms with van der Waals surface area (Å²) in [5.41, 5.74) is 1.64. The number of fused-ring (bicyclic) bond motifs is 1. The summed E-state index contributed by atoms with van der Waals surface area (Å²) >= 11 is 0. The van der Waals surface area contributed by atoms with Crippen LogP contribution in [0.15, 0.2) is 0 Å². The molecule has 2 bridgehead atoms. The van der Waals surface area contributed by atoms with Crippen molar-refractivity contribution in [2.45, 2.75) is 128 Å². The second-order valence-corrected chi connectivity index (χ2v) is 8.95. The predicted octanol–water partition coefficient (Wildman–Crippen LogP) is 9.13. The lowest BCUT2D eigenvalue weighted by molar-refractivity contribution is 0.0582. The summed E-state index contributed by atoms with van der Waals surface area (Å²) in [7, 11) is 0. The molecule has 0 spiro atoms. The van der Waals surface area contributed by atoms with Gasteiger partial charge in [-0.2, -0.15) is 0 Å². The molecule has 0 amide bonds. The van der Waals surface area contributed by atoms with Crippen LogP contribution in [0.2, 0.25) is 0 Å². The fraction of sp³-hybridized carbons (Fsp3) is 1.00. The Bertz CT molecular complexity index is 287. The highest BCUT2D eigenvalue weighted by Gasteiger charge is 2.56. The van der Waals surface area contributed by atoms with Crippen molar-refractivity contribution in [2.24, 2.45) is 28.6 Å². The lowest BCUT2D eigenvalue weighted by Crippen LogP contribution is -2.34. The van der Waals surface area contributed by atoms with Crippen LogP contribution in [0.25, 0.3) is 0 Å². The van der Waals surface area contributed by atoms with Crippen LogP contribution in [-0.4, -0.2) is 0 Å². The monoisotopic (exact) mass is 340 g/mol. The summed E-state index contributed by atoms with van der Waals surface area (Å²) < 4.78 is 0. The van der Waals surface area contributed by atoms with E-state index >= 15 is 0 Å². The fourth-order valence-electron chi connectivity index (χ4n) is 5.37. The molecule has 0 N–H and O–H groups in total. The van der Waals surface area contributed by atoms with Gasteiger partial charge in [-0.3, -0.25) is 0 Å². The second kappa shape index (κ2) is 11.6. The third kappa shape index (κ3) is 6.72. The standard InChI is InChI=1S/C11H22.C9H16.C2H6.2CH4/c1-4-10-5-7-11(8-6-10)9(2)3;1-3-9-5-4-8(2,6-9)7-9;1-2;;/h9-11H,4-8H2,1-3H3;3-7H2,1-2H3;1-2H3;2*1H4. The SMILES string of the molecule is C.C.CC.CCC12CCC(C)(C1)C2.CCC1CCC(C(C)C)CC1. The topological polar surface area (TPSA) is 0 Å². The third-order valence-corrected chi connectivity index (χ3v) is 7.02. The molecule has 0 unspecified atom stereocenters. The molecule has 0 heteroatoms. The van der Waals surface area contributed by atoms with Crippen molar-refractivity contribution in [3.8, 4) is 0 Å². The molecule has 0 aromatic heterocycles. The highest BCUT2D eigenvalue weighted by atomic mass is 14.6. The summed E-state index contributed by atoms with van der Waals surface area (Å²) in [4.78, 5) is 0. The molecule has 4 aliphatic rings. The Hall–Kier alpha value is 0. The summed E-state index contributed by atoms with van der Waals surface area (Å²) in [6.07, 6.45) is 15.0. The smallest absolute Gasteiger partial charge is 0.0290 e. The zero-order valence-corrected chi connectivity index (χ0v) is 16.8. The maximum Gasteiger partial charge on any atom is -0.0290 e. The van der Waals surface area contributed by atoms with E-state index in [1.165, 1.54) is 64.2 Å². The minimum atomic E-state index is 0. The van der Waals surface area contributed by atoms with Crippen molar-refractivity contribution in [1.82, 2.24) is 0 Å². The molecule has 0 nitrogen and oxygen atoms in total. The van der Waals surface area contributed by atoms with Gasteiger partial charge in [0, 0.05) is 0 Å². The van der Waals surface area contributed by atoms with Gasteiger partial charge in [0.15, 0.2) is 0 Å². The molecule has 4 aliphatic carbocycles. The molecule has 0 aliphatic heterocycles. The molecule has 148 valence electrons. The Balaban J connectivity index is 0. The highest BCUT2D eigenvalue weighted by molar-refractivity contribution is 5.07. The molecule has 4 saturated carbocycles. The molecular formula is C24H52. The van der Waals surface area contributed by atoms with Gasteiger partial charge in [0.2, 0.25) is 0 Å². The minimum absolute atomic E-state index is 0. The van der Waals surface area contributed by atoms with Crippen molar-refractivity contribution < 1.29 is 0 Å². The van der Waals surface area contributed by atoms with E-state index in [0.717, 1.165) is 28.6 Å². The van der Waals surface area contributed by atoms with Gasteiger partial charge in [-0.1, -0.05) is 89.0 Å². The molecular weight excluding hydrogens is 288 g/mol. The van der Waals surface area contributed by atoms with Crippen LogP contribution >= 0.6 is 0 Å². The van der Waals surface area contributed by atoms with Crippen LogP contribution in [-0.2, 0) is 0 Å². The molecule has 24 heavy (non-hydrogen) atoms. The molecule has 0 radical (unpaired) electrons. The van der Waals surface area contributed by atoms with Gasteiger partial charge in [-0.25, -0.2) is 0 Å². The van der Waals surface area contributed by atoms with Crippen LogP contribution in [0.4, 0.5) is 0 Å². The van der Waals surface area contributed by atoms with E-state index < -0.39 is 0 Å². The molecule has 0 aromatic rings. The maximum absolute atomic E-state index is 2.45. The maximum atomic E-state index is 2.45. The normalized spacial score (nSPS) is 36.0. The molecule has 0 heterocycles. The van der Waals surface area contributed by atoms with Gasteiger partial charge in [0.05, 0.1) is 0 Å². The van der Waals surface area contributed by atoms with Gasteiger partial charge in [0.25, 0.3) is 0 Å². The second-order valence-electron chi connectivity index (χ2n) is 8.95. The predicted molar refractivity (Wildman–Crippen MR) is 115 cm³/mol. The van der Waals surface area contributed by atoms with Crippen LogP contribution in [0.3, 0.4) is 0 Å². The number of hydrogen-bond donors (Lipinski definition) is 0. The average Bonchev–Trinajstić information content (AvgIpc) is 3.04. The van der Waals surface area contributed by atoms with E-state index in [4.69, 9.17) is 0 Å². The Kier molecular flexibility index (Phi) is 12.7. The number of hydrogen-bond acceptors (Lipinski definition) is 0. The van der Waals surface area contributed by atoms with E-state index in [1.54, 1.807) is 0 Å². The van der Waals surface area contributed by atoms with Crippen molar-refractivity contribution in [3.05, 3.63) is 0 Å². The highest BCUT2D eigenvalue weighted by Crippen LogP contribution is 2.68. The summed E-state index contributed by atoms with van der Waals surface area (Å²) in [5.74, 6) is 3.02. The van der Waals surface area contributed by atoms with Crippen LogP contribution in [0.5, 0.6) is 0 Å². The van der Waals surface area contributed by atoms with Gasteiger partial charge >= 0.3 is 0 Å². The van der Waals surface area contributed by atoms with E-state index in [1.807, 2.05) is 13.8 Å². The third-order valence-electron chi connectivity index (χ3n) is 7.02. The molecule has 0 saturated heterocycles. The van der Waals surface area contributed by atoms with Crippen LogP contribution < -0.4 is 0 Å². The van der Waals surface area contributed by atoms with Gasteiger partial charge < -0.3 is 0 Å². The first-order valence-corrected chi connectivity index (χ1v) is 10.4. The van der Waals surface area contributed by atoms with Crippen molar-refractivity contribution in [1.29, 1.82) is 0 Å². The zero-order chi connectivity index (χ0) is 16.8. The van der Waals surface area contributed by atoms with Gasteiger partial charge in [0.1, 0.15) is 0 Å². The fourth-order valence-corrected chi connectivity index (χ4v) is 5.37. The van der Waals surface area contributed by atoms with Gasteiger partial charge in [-0.15, -0.1) is 0 Å². The van der Waals surface area contributed by atoms with Crippen molar-refractivity contribution in [3.63, 3.8) is 0 Å². The van der Waals surface area contributed by atoms with Crippen LogP contribution in [0, 0.1) is 28.6 Å². The van der Waals surface area contributed by atoms with Crippen molar-refractivity contribution in [2.75, 3.05) is 0 Å². The summed E-state index contributed by atoms with van der Waals surface area (Å²) in [6.45, 7) is 15.9. The Labute approximate surface area is 156 Å². The summed E-state index contributed by atoms with van der Waals surface area (Å²) in [5, 5.41) is 0. The lowest BCUT2D eigenvalue weighted by Gasteiger charge is -2.45. The van der Waals surface area contributed by atoms with Crippen molar-refractivity contribution >= 4 is 0 Å². The first-order chi connectivity index (χ1) is 10.4. The van der Waals surface area contributed by atoms with Crippen LogP contribution in [0.1, 0.15) is 128 Å². The summed E-state index contributed by atoms with van der Waals surface area (Å²) in [6, 6.07) is 0. The quantitative estimate of drug-likeness (QED) is 0.480. The first kappa shape index (κ1) is 26.2. The molecule has 4 fully saturated rings. The zero-order valence-electron chi connectivity index (χ0n) is 16.8. The van der Waals surface area contributed by atoms with E-state index in [-0.39, 0.29) is 14.9 Å². The van der Waals surface area contributed by atoms with E-state index in [9.17, 15) is 0 Å². The van der Waals surface area contributed by atoms with Gasteiger partial charge in [-0.05, 0) is 67.1 Å². The molecule has 0 aromatic carbocycles. The minimum Gasteiger partial charge on any atom is -0.0776 e. The molecule has 4 rings (SSSR count).